The molecule has 7 heteroatoms. The van der Waals surface area contributed by atoms with Gasteiger partial charge in [-0.2, -0.15) is 0 Å². The number of hydrogen-bond donors (Lipinski definition) is 1. The second kappa shape index (κ2) is 8.61. The van der Waals surface area contributed by atoms with Gasteiger partial charge in [-0.25, -0.2) is 9.78 Å². The van der Waals surface area contributed by atoms with Crippen LogP contribution in [0.15, 0.2) is 5.38 Å². The molecule has 0 spiro atoms. The van der Waals surface area contributed by atoms with E-state index in [0.717, 1.165) is 25.0 Å². The van der Waals surface area contributed by atoms with Crippen molar-refractivity contribution in [1.29, 1.82) is 0 Å². The molecular weight excluding hydrogens is 288 g/mol. The predicted octanol–water partition coefficient (Wildman–Crippen LogP) is 2.56. The van der Waals surface area contributed by atoms with Crippen LogP contribution in [0.2, 0.25) is 0 Å². The van der Waals surface area contributed by atoms with Crippen molar-refractivity contribution in [2.24, 2.45) is 0 Å². The maximum atomic E-state index is 12.1. The molecule has 118 valence electrons. The van der Waals surface area contributed by atoms with Crippen molar-refractivity contribution >= 4 is 28.4 Å². The lowest BCUT2D eigenvalue weighted by atomic mass is 10.2. The van der Waals surface area contributed by atoms with E-state index >= 15 is 0 Å². The van der Waals surface area contributed by atoms with Crippen LogP contribution in [0.1, 0.15) is 31.9 Å². The molecule has 0 unspecified atom stereocenters. The van der Waals surface area contributed by atoms with E-state index in [-0.39, 0.29) is 18.5 Å². The van der Waals surface area contributed by atoms with E-state index in [1.807, 2.05) is 12.3 Å². The summed E-state index contributed by atoms with van der Waals surface area (Å²) in [6.45, 7) is 4.63. The number of anilines is 1. The van der Waals surface area contributed by atoms with E-state index in [0.29, 0.717) is 11.7 Å². The maximum Gasteiger partial charge on any atom is 0.319 e. The Balaban J connectivity index is 2.57. The summed E-state index contributed by atoms with van der Waals surface area (Å²) in [6.07, 6.45) is 3.03. The third kappa shape index (κ3) is 6.12. The number of carbonyl (C=O) groups is 2. The number of aryl methyl sites for hydroxylation is 1. The highest BCUT2D eigenvalue weighted by Crippen LogP contribution is 2.14. The number of carbonyl (C=O) groups excluding carboxylic acids is 2. The highest BCUT2D eigenvalue weighted by atomic mass is 32.1. The number of nitrogens with one attached hydrogen (secondary N) is 1. The minimum absolute atomic E-state index is 0.0549. The van der Waals surface area contributed by atoms with Crippen molar-refractivity contribution in [3.8, 4) is 0 Å². The quantitative estimate of drug-likeness (QED) is 0.787. The molecule has 0 saturated heterocycles. The number of urea groups is 1. The zero-order chi connectivity index (χ0) is 15.8. The number of hydrogen-bond acceptors (Lipinski definition) is 4. The standard InChI is InChI=1S/C14H24N4O2S/c1-5-6-7-8-18(14(20)17(3)4)9-12(19)16-13-15-11(2)10-21-13/h10H,5-9H2,1-4H3,(H,15,16,19). The van der Waals surface area contributed by atoms with Crippen molar-refractivity contribution in [3.05, 3.63) is 11.1 Å². The van der Waals surface area contributed by atoms with Crippen LogP contribution >= 0.6 is 11.3 Å². The van der Waals surface area contributed by atoms with Crippen LogP contribution in [0, 0.1) is 6.92 Å². The van der Waals surface area contributed by atoms with Crippen LogP contribution in [-0.2, 0) is 4.79 Å². The van der Waals surface area contributed by atoms with Crippen LogP contribution in [0.5, 0.6) is 0 Å². The molecule has 0 aliphatic carbocycles. The third-order valence-corrected chi connectivity index (χ3v) is 3.76. The lowest BCUT2D eigenvalue weighted by Crippen LogP contribution is -2.44. The summed E-state index contributed by atoms with van der Waals surface area (Å²) in [5.74, 6) is -0.212. The van der Waals surface area contributed by atoms with Gasteiger partial charge in [-0.05, 0) is 13.3 Å². The Kier molecular flexibility index (Phi) is 7.14. The van der Waals surface area contributed by atoms with E-state index < -0.39 is 0 Å². The Hall–Kier alpha value is -1.63. The largest absolute Gasteiger partial charge is 0.331 e. The summed E-state index contributed by atoms with van der Waals surface area (Å²) in [7, 11) is 3.38. The molecule has 1 aromatic heterocycles. The van der Waals surface area contributed by atoms with Gasteiger partial charge in [0.1, 0.15) is 6.54 Å². The number of thiazole rings is 1. The molecule has 0 bridgehead atoms. The van der Waals surface area contributed by atoms with E-state index in [9.17, 15) is 9.59 Å². The third-order valence-electron chi connectivity index (χ3n) is 2.88. The van der Waals surface area contributed by atoms with Gasteiger partial charge in [0, 0.05) is 26.0 Å². The van der Waals surface area contributed by atoms with Gasteiger partial charge in [0.15, 0.2) is 5.13 Å². The summed E-state index contributed by atoms with van der Waals surface area (Å²) in [6, 6.07) is -0.142. The van der Waals surface area contributed by atoms with Crippen LogP contribution in [0.3, 0.4) is 0 Å². The molecule has 0 radical (unpaired) electrons. The maximum absolute atomic E-state index is 12.1. The summed E-state index contributed by atoms with van der Waals surface area (Å²) in [4.78, 5) is 31.4. The molecule has 21 heavy (non-hydrogen) atoms. The minimum atomic E-state index is -0.212. The molecule has 0 saturated carbocycles. The number of rotatable bonds is 7. The second-order valence-electron chi connectivity index (χ2n) is 5.15. The number of amides is 3. The smallest absolute Gasteiger partial charge is 0.319 e. The number of unbranched alkanes of at least 4 members (excludes halogenated alkanes) is 2. The van der Waals surface area contributed by atoms with Crippen molar-refractivity contribution < 1.29 is 9.59 Å². The normalized spacial score (nSPS) is 10.3. The van der Waals surface area contributed by atoms with Crippen LogP contribution in [-0.4, -0.2) is 53.9 Å². The van der Waals surface area contributed by atoms with Gasteiger partial charge in [0.05, 0.1) is 5.69 Å². The molecule has 0 fully saturated rings. The average molecular weight is 312 g/mol. The lowest BCUT2D eigenvalue weighted by molar-refractivity contribution is -0.116. The van der Waals surface area contributed by atoms with E-state index in [4.69, 9.17) is 0 Å². The monoisotopic (exact) mass is 312 g/mol. The highest BCUT2D eigenvalue weighted by molar-refractivity contribution is 7.13. The summed E-state index contributed by atoms with van der Waals surface area (Å²) < 4.78 is 0. The van der Waals surface area contributed by atoms with Crippen molar-refractivity contribution in [1.82, 2.24) is 14.8 Å². The van der Waals surface area contributed by atoms with Gasteiger partial charge in [-0.1, -0.05) is 19.8 Å². The Bertz CT molecular complexity index is 473. The SMILES string of the molecule is CCCCCN(CC(=O)Nc1nc(C)cs1)C(=O)N(C)C. The summed E-state index contributed by atoms with van der Waals surface area (Å²) >= 11 is 1.38. The van der Waals surface area contributed by atoms with Gasteiger partial charge < -0.3 is 15.1 Å². The van der Waals surface area contributed by atoms with E-state index in [1.54, 1.807) is 19.0 Å². The van der Waals surface area contributed by atoms with Gasteiger partial charge in [0.2, 0.25) is 5.91 Å². The minimum Gasteiger partial charge on any atom is -0.331 e. The van der Waals surface area contributed by atoms with Crippen molar-refractivity contribution in [2.45, 2.75) is 33.1 Å². The van der Waals surface area contributed by atoms with Gasteiger partial charge in [-0.15, -0.1) is 11.3 Å². The molecule has 0 aliphatic heterocycles. The molecule has 1 N–H and O–H groups in total. The predicted molar refractivity (Wildman–Crippen MR) is 85.7 cm³/mol. The molecule has 0 atom stereocenters. The first kappa shape index (κ1) is 17.4. The molecule has 1 aromatic rings. The summed E-state index contributed by atoms with van der Waals surface area (Å²) in [5.41, 5.74) is 0.875. The first-order chi connectivity index (χ1) is 9.93. The Morgan fingerprint density at radius 1 is 1.33 bits per heavy atom. The molecular formula is C14H24N4O2S. The van der Waals surface area contributed by atoms with Crippen LogP contribution in [0.4, 0.5) is 9.93 Å². The molecule has 0 aliphatic rings. The Morgan fingerprint density at radius 2 is 2.05 bits per heavy atom. The number of nitrogens with zero attached hydrogens (tertiary/aromatic N) is 3. The molecule has 0 aromatic carbocycles. The average Bonchev–Trinajstić information content (AvgIpc) is 2.82. The lowest BCUT2D eigenvalue weighted by Gasteiger charge is -2.25. The molecule has 1 heterocycles. The fraction of sp³-hybridized carbons (Fsp3) is 0.643. The first-order valence-corrected chi connectivity index (χ1v) is 8.00. The first-order valence-electron chi connectivity index (χ1n) is 7.12. The van der Waals surface area contributed by atoms with Gasteiger partial charge >= 0.3 is 6.03 Å². The molecule has 6 nitrogen and oxygen atoms in total. The second-order valence-corrected chi connectivity index (χ2v) is 6.01. The number of aromatic nitrogens is 1. The topological polar surface area (TPSA) is 65.5 Å². The molecule has 1 rings (SSSR count). The fourth-order valence-electron chi connectivity index (χ4n) is 1.82. The van der Waals surface area contributed by atoms with Crippen molar-refractivity contribution in [3.63, 3.8) is 0 Å². The zero-order valence-corrected chi connectivity index (χ0v) is 14.0. The Morgan fingerprint density at radius 3 is 2.57 bits per heavy atom. The zero-order valence-electron chi connectivity index (χ0n) is 13.2. The summed E-state index contributed by atoms with van der Waals surface area (Å²) in [5, 5.41) is 5.18. The van der Waals surface area contributed by atoms with Gasteiger partial charge in [-0.3, -0.25) is 4.79 Å². The highest BCUT2D eigenvalue weighted by Gasteiger charge is 2.18. The van der Waals surface area contributed by atoms with E-state index in [2.05, 4.69) is 17.2 Å². The van der Waals surface area contributed by atoms with Gasteiger partial charge in [0.25, 0.3) is 0 Å². The molecule has 3 amide bonds. The van der Waals surface area contributed by atoms with Crippen LogP contribution < -0.4 is 5.32 Å². The Labute approximate surface area is 130 Å². The van der Waals surface area contributed by atoms with E-state index in [1.165, 1.54) is 16.2 Å². The van der Waals surface area contributed by atoms with Crippen molar-refractivity contribution in [2.75, 3.05) is 32.5 Å². The van der Waals surface area contributed by atoms with Crippen LogP contribution in [0.25, 0.3) is 0 Å². The fourth-order valence-corrected chi connectivity index (χ4v) is 2.53.